The van der Waals surface area contributed by atoms with Gasteiger partial charge in [0.2, 0.25) is 11.9 Å². The molecule has 7 rings (SSSR count). The summed E-state index contributed by atoms with van der Waals surface area (Å²) in [5.74, 6) is 1.36. The van der Waals surface area contributed by atoms with Crippen LogP contribution in [-0.4, -0.2) is 70.8 Å². The summed E-state index contributed by atoms with van der Waals surface area (Å²) in [6.07, 6.45) is 7.87. The molecule has 3 N–H and O–H groups in total. The van der Waals surface area contributed by atoms with E-state index in [-0.39, 0.29) is 18.0 Å². The number of carboxylic acid groups (broad SMARTS) is 1. The van der Waals surface area contributed by atoms with E-state index in [1.165, 1.54) is 42.8 Å². The highest BCUT2D eigenvalue weighted by molar-refractivity contribution is 6.02. The maximum Gasteiger partial charge on any atom is 0.407 e. The molecule has 2 aromatic heterocycles. The van der Waals surface area contributed by atoms with Gasteiger partial charge in [-0.05, 0) is 49.5 Å². The lowest BCUT2D eigenvalue weighted by Crippen LogP contribution is -2.58. The van der Waals surface area contributed by atoms with E-state index in [4.69, 9.17) is 9.72 Å². The highest BCUT2D eigenvalue weighted by Gasteiger charge is 2.58. The van der Waals surface area contributed by atoms with Gasteiger partial charge >= 0.3 is 6.09 Å². The number of rotatable bonds is 11. The summed E-state index contributed by atoms with van der Waals surface area (Å²) in [5, 5.41) is 16.5. The van der Waals surface area contributed by atoms with E-state index in [2.05, 4.69) is 57.2 Å². The van der Waals surface area contributed by atoms with Gasteiger partial charge in [-0.3, -0.25) is 4.79 Å². The lowest BCUT2D eigenvalue weighted by molar-refractivity contribution is -0.111. The van der Waals surface area contributed by atoms with Crippen molar-refractivity contribution in [1.82, 2.24) is 19.4 Å². The fourth-order valence-electron chi connectivity index (χ4n) is 6.14. The minimum absolute atomic E-state index is 0.244. The van der Waals surface area contributed by atoms with Gasteiger partial charge in [0.15, 0.2) is 0 Å². The SMILES string of the molecule is C=CC(=O)Nc1cc(Nc2nccc(-c3cn(C45CC(C4)C5)c4ccccc34)n2)c(OC)cc1N(C)CCN(C)C(=O)O. The largest absolute Gasteiger partial charge is 0.494 e. The van der Waals surface area contributed by atoms with Crippen molar-refractivity contribution >= 4 is 45.9 Å². The fourth-order valence-corrected chi connectivity index (χ4v) is 6.14. The molecule has 2 amide bonds. The highest BCUT2D eigenvalue weighted by atomic mass is 16.5. The van der Waals surface area contributed by atoms with Crippen molar-refractivity contribution in [1.29, 1.82) is 0 Å². The Balaban J connectivity index is 1.32. The van der Waals surface area contributed by atoms with Crippen LogP contribution in [0.5, 0.6) is 5.75 Å². The predicted octanol–water partition coefficient (Wildman–Crippen LogP) is 5.53. The Morgan fingerprint density at radius 2 is 1.93 bits per heavy atom. The van der Waals surface area contributed by atoms with E-state index < -0.39 is 6.09 Å². The zero-order valence-corrected chi connectivity index (χ0v) is 24.5. The summed E-state index contributed by atoms with van der Waals surface area (Å²) in [6, 6.07) is 13.9. The zero-order valence-electron chi connectivity index (χ0n) is 24.5. The number of benzene rings is 2. The van der Waals surface area contributed by atoms with Crippen LogP contribution in [0.2, 0.25) is 0 Å². The molecule has 0 saturated heterocycles. The summed E-state index contributed by atoms with van der Waals surface area (Å²) >= 11 is 0. The lowest BCUT2D eigenvalue weighted by Gasteiger charge is -2.62. The normalized spacial score (nSPS) is 18.3. The van der Waals surface area contributed by atoms with Crippen LogP contribution >= 0.6 is 0 Å². The molecule has 4 aromatic rings. The first-order valence-electron chi connectivity index (χ1n) is 14.2. The average Bonchev–Trinajstić information content (AvgIpc) is 3.33. The van der Waals surface area contributed by atoms with Crippen LogP contribution in [-0.2, 0) is 10.3 Å². The van der Waals surface area contributed by atoms with Gasteiger partial charge in [0.05, 0.1) is 29.9 Å². The Bertz CT molecular complexity index is 1720. The van der Waals surface area contributed by atoms with E-state index >= 15 is 0 Å². The Morgan fingerprint density at radius 1 is 1.16 bits per heavy atom. The Labute approximate surface area is 249 Å². The van der Waals surface area contributed by atoms with Crippen LogP contribution in [0.4, 0.5) is 27.8 Å². The maximum absolute atomic E-state index is 12.3. The Morgan fingerprint density at radius 3 is 2.60 bits per heavy atom. The number of hydrogen-bond acceptors (Lipinski definition) is 7. The van der Waals surface area contributed by atoms with Gasteiger partial charge in [0.25, 0.3) is 0 Å². The maximum atomic E-state index is 12.3. The van der Waals surface area contributed by atoms with E-state index in [1.807, 2.05) is 18.0 Å². The summed E-state index contributed by atoms with van der Waals surface area (Å²) in [4.78, 5) is 36.0. The second-order valence-corrected chi connectivity index (χ2v) is 11.4. The molecule has 0 spiro atoms. The van der Waals surface area contributed by atoms with Gasteiger partial charge in [-0.15, -0.1) is 0 Å². The molecular formula is C32H35N7O4. The third kappa shape index (κ3) is 5.11. The molecule has 3 aliphatic carbocycles. The summed E-state index contributed by atoms with van der Waals surface area (Å²) < 4.78 is 8.16. The molecule has 3 fully saturated rings. The van der Waals surface area contributed by atoms with Crippen molar-refractivity contribution in [2.45, 2.75) is 24.8 Å². The van der Waals surface area contributed by atoms with Crippen molar-refractivity contribution in [2.75, 3.05) is 49.8 Å². The molecule has 2 aromatic carbocycles. The fraction of sp³-hybridized carbons (Fsp3) is 0.312. The van der Waals surface area contributed by atoms with Gasteiger partial charge in [-0.25, -0.2) is 14.8 Å². The number of carbonyl (C=O) groups is 2. The number of ether oxygens (including phenoxy) is 1. The number of nitrogens with one attached hydrogen (secondary N) is 2. The molecule has 222 valence electrons. The first kappa shape index (κ1) is 28.1. The van der Waals surface area contributed by atoms with Crippen molar-refractivity contribution in [3.63, 3.8) is 0 Å². The molecular weight excluding hydrogens is 546 g/mol. The third-order valence-electron chi connectivity index (χ3n) is 8.68. The number of amides is 2. The number of fused-ring (bicyclic) bond motifs is 1. The molecule has 3 saturated carbocycles. The first-order valence-corrected chi connectivity index (χ1v) is 14.2. The second-order valence-electron chi connectivity index (χ2n) is 11.4. The zero-order chi connectivity index (χ0) is 30.3. The third-order valence-corrected chi connectivity index (χ3v) is 8.68. The highest BCUT2D eigenvalue weighted by Crippen LogP contribution is 2.63. The van der Waals surface area contributed by atoms with Crippen molar-refractivity contribution in [3.8, 4) is 17.0 Å². The van der Waals surface area contributed by atoms with Gasteiger partial charge in [-0.1, -0.05) is 24.8 Å². The summed E-state index contributed by atoms with van der Waals surface area (Å²) in [7, 11) is 4.88. The van der Waals surface area contributed by atoms with Crippen molar-refractivity contribution < 1.29 is 19.4 Å². The minimum Gasteiger partial charge on any atom is -0.494 e. The molecule has 2 bridgehead atoms. The number of hydrogen-bond donors (Lipinski definition) is 3. The predicted molar refractivity (Wildman–Crippen MR) is 167 cm³/mol. The minimum atomic E-state index is -1.02. The van der Waals surface area contributed by atoms with E-state index in [9.17, 15) is 14.7 Å². The van der Waals surface area contributed by atoms with Gasteiger partial charge in [0.1, 0.15) is 5.75 Å². The molecule has 43 heavy (non-hydrogen) atoms. The number of aromatic nitrogens is 3. The number of likely N-dealkylation sites (N-methyl/N-ethyl adjacent to an activating group) is 2. The van der Waals surface area contributed by atoms with Crippen molar-refractivity contribution in [2.24, 2.45) is 5.92 Å². The van der Waals surface area contributed by atoms with Gasteiger partial charge in [-0.2, -0.15) is 0 Å². The second kappa shape index (κ2) is 11.0. The molecule has 0 unspecified atom stereocenters. The lowest BCUT2D eigenvalue weighted by atomic mass is 9.49. The monoisotopic (exact) mass is 581 g/mol. The topological polar surface area (TPSA) is 125 Å². The average molecular weight is 582 g/mol. The number of para-hydroxylation sites is 1. The summed E-state index contributed by atoms with van der Waals surface area (Å²) in [5.41, 5.74) is 5.02. The van der Waals surface area contributed by atoms with Crippen LogP contribution in [0.3, 0.4) is 0 Å². The molecule has 2 heterocycles. The quantitative estimate of drug-likeness (QED) is 0.198. The number of anilines is 4. The van der Waals surface area contributed by atoms with Crippen molar-refractivity contribution in [3.05, 3.63) is 67.5 Å². The van der Waals surface area contributed by atoms with Gasteiger partial charge < -0.3 is 34.8 Å². The van der Waals surface area contributed by atoms with Crippen LogP contribution in [0.25, 0.3) is 22.2 Å². The molecule has 0 atom stereocenters. The molecule has 0 radical (unpaired) electrons. The van der Waals surface area contributed by atoms with E-state index in [0.717, 1.165) is 22.6 Å². The van der Waals surface area contributed by atoms with Crippen LogP contribution in [0.15, 0.2) is 67.5 Å². The van der Waals surface area contributed by atoms with E-state index in [0.29, 0.717) is 35.3 Å². The smallest absolute Gasteiger partial charge is 0.407 e. The van der Waals surface area contributed by atoms with Crippen LogP contribution in [0, 0.1) is 5.92 Å². The van der Waals surface area contributed by atoms with E-state index in [1.54, 1.807) is 25.4 Å². The molecule has 11 nitrogen and oxygen atoms in total. The Hall–Kier alpha value is -5.06. The van der Waals surface area contributed by atoms with Crippen LogP contribution in [0.1, 0.15) is 19.3 Å². The van der Waals surface area contributed by atoms with Crippen LogP contribution < -0.4 is 20.3 Å². The number of nitrogens with zero attached hydrogens (tertiary/aromatic N) is 5. The number of methoxy groups -OCH3 is 1. The molecule has 3 aliphatic rings. The summed E-state index contributed by atoms with van der Waals surface area (Å²) in [6.45, 7) is 4.21. The molecule has 0 aliphatic heterocycles. The Kier molecular flexibility index (Phi) is 7.17. The number of carbonyl (C=O) groups excluding carboxylic acids is 1. The molecule has 11 heteroatoms. The standard InChI is InChI=1S/C32H35N7O4/c1-5-29(40)34-24-14-25(28(43-4)15-27(24)37(2)12-13-38(3)31(41)42)36-30-33-11-10-23(35-30)22-19-39(32-16-20(17-32)18-32)26-9-7-6-8-21(22)26/h5-11,14-15,19-20H,1,12-13,16-18H2,2-4H3,(H,34,40)(H,41,42)(H,33,35,36). The van der Waals surface area contributed by atoms with Gasteiger partial charge in [0, 0.05) is 67.7 Å². The first-order chi connectivity index (χ1) is 20.7.